The molecule has 4 rings (SSSR count). The molecule has 1 aromatic heterocycles. The number of carbonyl (C=O) groups is 1. The molecule has 3 aromatic rings. The molecule has 0 atom stereocenters. The van der Waals surface area contributed by atoms with Gasteiger partial charge in [-0.2, -0.15) is 0 Å². The van der Waals surface area contributed by atoms with Crippen molar-refractivity contribution in [3.05, 3.63) is 97.1 Å². The van der Waals surface area contributed by atoms with E-state index in [1.165, 1.54) is 4.57 Å². The van der Waals surface area contributed by atoms with Crippen molar-refractivity contribution in [1.82, 2.24) is 14.5 Å². The van der Waals surface area contributed by atoms with E-state index >= 15 is 0 Å². The summed E-state index contributed by atoms with van der Waals surface area (Å²) < 4.78 is 6.44. The third kappa shape index (κ3) is 4.72. The summed E-state index contributed by atoms with van der Waals surface area (Å²) in [6.45, 7) is 1.18. The number of nitrogens with one attached hydrogen (secondary N) is 1. The van der Waals surface area contributed by atoms with Gasteiger partial charge in [-0.15, -0.1) is 0 Å². The normalized spacial score (nSPS) is 14.7. The second-order valence-corrected chi connectivity index (χ2v) is 7.70. The third-order valence-corrected chi connectivity index (χ3v) is 5.53. The fraction of sp³-hybridized carbons (Fsp3) is 0.240. The van der Waals surface area contributed by atoms with E-state index in [9.17, 15) is 14.4 Å². The van der Waals surface area contributed by atoms with Gasteiger partial charge in [0.1, 0.15) is 23.0 Å². The fourth-order valence-corrected chi connectivity index (χ4v) is 3.79. The Labute approximate surface area is 184 Å². The van der Waals surface area contributed by atoms with Gasteiger partial charge in [0.15, 0.2) is 0 Å². The predicted molar refractivity (Wildman–Crippen MR) is 123 cm³/mol. The van der Waals surface area contributed by atoms with Gasteiger partial charge < -0.3 is 14.6 Å². The molecule has 1 aliphatic rings. The maximum atomic E-state index is 13.4. The number of methoxy groups -OCH3 is 1. The lowest BCUT2D eigenvalue weighted by molar-refractivity contribution is -0.130. The summed E-state index contributed by atoms with van der Waals surface area (Å²) in [6.07, 6.45) is 5.14. The number of benzene rings is 2. The molecule has 164 valence electrons. The number of ether oxygens (including phenoxy) is 1. The van der Waals surface area contributed by atoms with Gasteiger partial charge in [0.2, 0.25) is 5.91 Å². The van der Waals surface area contributed by atoms with Crippen LogP contribution in [0.15, 0.2) is 64.2 Å². The fourth-order valence-electron chi connectivity index (χ4n) is 3.79. The molecule has 0 saturated carbocycles. The Kier molecular flexibility index (Phi) is 6.35. The molecule has 2 heterocycles. The number of H-pyrrole nitrogens is 1. The van der Waals surface area contributed by atoms with Gasteiger partial charge in [-0.1, -0.05) is 42.5 Å². The van der Waals surface area contributed by atoms with Crippen LogP contribution in [0.1, 0.15) is 24.0 Å². The molecular formula is C25H25N3O4. The second-order valence-electron chi connectivity index (χ2n) is 7.70. The zero-order valence-electron chi connectivity index (χ0n) is 17.9. The number of rotatable bonds is 5. The molecular weight excluding hydrogens is 406 g/mol. The lowest BCUT2D eigenvalue weighted by Gasteiger charge is -2.16. The van der Waals surface area contributed by atoms with Gasteiger partial charge in [0.25, 0.3) is 11.1 Å². The Hall–Kier alpha value is -3.87. The maximum Gasteiger partial charge on any atom is 0.275 e. The van der Waals surface area contributed by atoms with Crippen LogP contribution in [0, 0.1) is 0 Å². The minimum atomic E-state index is -0.428. The van der Waals surface area contributed by atoms with Crippen molar-refractivity contribution in [2.75, 3.05) is 20.2 Å². The van der Waals surface area contributed by atoms with Gasteiger partial charge in [0, 0.05) is 13.1 Å². The molecule has 7 nitrogen and oxygen atoms in total. The Morgan fingerprint density at radius 3 is 2.28 bits per heavy atom. The molecule has 1 aliphatic heterocycles. The van der Waals surface area contributed by atoms with Crippen molar-refractivity contribution in [2.45, 2.75) is 19.4 Å². The van der Waals surface area contributed by atoms with Crippen LogP contribution in [0.2, 0.25) is 0 Å². The van der Waals surface area contributed by atoms with Crippen molar-refractivity contribution in [2.24, 2.45) is 0 Å². The number of aromatic nitrogens is 2. The van der Waals surface area contributed by atoms with Crippen molar-refractivity contribution in [3.63, 3.8) is 0 Å². The average Bonchev–Trinajstić information content (AvgIpc) is 3.36. The van der Waals surface area contributed by atoms with E-state index in [-0.39, 0.29) is 23.2 Å². The molecule has 2 aromatic carbocycles. The Bertz CT molecular complexity index is 1330. The molecule has 0 aliphatic carbocycles. The highest BCUT2D eigenvalue weighted by Gasteiger charge is 2.19. The first-order valence-electron chi connectivity index (χ1n) is 10.6. The lowest BCUT2D eigenvalue weighted by Crippen LogP contribution is -2.55. The summed E-state index contributed by atoms with van der Waals surface area (Å²) in [7, 11) is 1.58. The van der Waals surface area contributed by atoms with Crippen LogP contribution in [0.4, 0.5) is 0 Å². The number of hydrogen-bond donors (Lipinski definition) is 1. The van der Waals surface area contributed by atoms with Crippen LogP contribution in [0.5, 0.6) is 5.75 Å². The van der Waals surface area contributed by atoms with Gasteiger partial charge >= 0.3 is 0 Å². The number of hydrogen-bond acceptors (Lipinski definition) is 4. The quantitative estimate of drug-likeness (QED) is 0.649. The van der Waals surface area contributed by atoms with E-state index in [0.29, 0.717) is 18.8 Å². The average molecular weight is 431 g/mol. The first kappa shape index (κ1) is 21.4. The van der Waals surface area contributed by atoms with Crippen LogP contribution < -0.4 is 26.6 Å². The molecule has 0 bridgehead atoms. The van der Waals surface area contributed by atoms with Crippen molar-refractivity contribution in [1.29, 1.82) is 0 Å². The molecule has 0 spiro atoms. The van der Waals surface area contributed by atoms with Gasteiger partial charge in [-0.05, 0) is 48.3 Å². The zero-order chi connectivity index (χ0) is 22.5. The number of amides is 1. The highest BCUT2D eigenvalue weighted by Crippen LogP contribution is 2.11. The van der Waals surface area contributed by atoms with Crippen LogP contribution >= 0.6 is 0 Å². The summed E-state index contributed by atoms with van der Waals surface area (Å²) in [6, 6.07) is 16.4. The van der Waals surface area contributed by atoms with Gasteiger partial charge in [0.05, 0.1) is 7.11 Å². The highest BCUT2D eigenvalue weighted by atomic mass is 16.5. The number of aromatic amines is 1. The monoisotopic (exact) mass is 431 g/mol. The lowest BCUT2D eigenvalue weighted by atomic mass is 10.2. The topological polar surface area (TPSA) is 84.4 Å². The van der Waals surface area contributed by atoms with E-state index in [1.54, 1.807) is 48.4 Å². The molecule has 7 heteroatoms. The van der Waals surface area contributed by atoms with Crippen LogP contribution in [-0.4, -0.2) is 40.6 Å². The molecule has 1 saturated heterocycles. The molecule has 32 heavy (non-hydrogen) atoms. The first-order valence-corrected chi connectivity index (χ1v) is 10.6. The summed E-state index contributed by atoms with van der Waals surface area (Å²) >= 11 is 0. The van der Waals surface area contributed by atoms with E-state index < -0.39 is 11.1 Å². The smallest absolute Gasteiger partial charge is 0.275 e. The number of carbonyl (C=O) groups excluding carboxylic acids is 1. The largest absolute Gasteiger partial charge is 0.497 e. The van der Waals surface area contributed by atoms with E-state index in [4.69, 9.17) is 4.74 Å². The van der Waals surface area contributed by atoms with Crippen LogP contribution in [0.25, 0.3) is 12.2 Å². The standard InChI is InChI=1S/C25H25N3O4/c1-32-20-11-9-19(10-12-20)15-21-25(31)28(17-23(29)27-13-5-6-14-27)22(24(30)26-21)16-18-7-3-2-4-8-18/h2-4,7-12,15-16H,5-6,13-14,17H2,1H3,(H,26,30)/b21-15-,22-16-. The SMILES string of the molecule is COc1ccc(/C=c2\[nH]c(=O)/c(=C/c3ccccc3)n(CC(=O)N3CCCC3)c2=O)cc1. The van der Waals surface area contributed by atoms with Crippen molar-refractivity contribution in [3.8, 4) is 5.75 Å². The summed E-state index contributed by atoms with van der Waals surface area (Å²) in [4.78, 5) is 43.6. The van der Waals surface area contributed by atoms with Crippen LogP contribution in [-0.2, 0) is 11.3 Å². The molecule has 1 amide bonds. The molecule has 0 radical (unpaired) electrons. The van der Waals surface area contributed by atoms with Crippen molar-refractivity contribution >= 4 is 18.1 Å². The van der Waals surface area contributed by atoms with Crippen molar-refractivity contribution < 1.29 is 9.53 Å². The first-order chi connectivity index (χ1) is 15.5. The highest BCUT2D eigenvalue weighted by molar-refractivity contribution is 5.76. The summed E-state index contributed by atoms with van der Waals surface area (Å²) in [5.41, 5.74) is 0.653. The molecule has 1 fully saturated rings. The van der Waals surface area contributed by atoms with Crippen LogP contribution in [0.3, 0.4) is 0 Å². The predicted octanol–water partition coefficient (Wildman–Crippen LogP) is 0.825. The summed E-state index contributed by atoms with van der Waals surface area (Å²) in [5.74, 6) is 0.533. The Morgan fingerprint density at radius 2 is 1.62 bits per heavy atom. The summed E-state index contributed by atoms with van der Waals surface area (Å²) in [5, 5.41) is 0.278. The zero-order valence-corrected chi connectivity index (χ0v) is 17.9. The van der Waals surface area contributed by atoms with Gasteiger partial charge in [-0.3, -0.25) is 19.0 Å². The third-order valence-electron chi connectivity index (χ3n) is 5.53. The molecule has 1 N–H and O–H groups in total. The second kappa shape index (κ2) is 9.51. The number of nitrogens with zero attached hydrogens (tertiary/aromatic N) is 2. The molecule has 0 unspecified atom stereocenters. The van der Waals surface area contributed by atoms with Gasteiger partial charge in [-0.25, -0.2) is 0 Å². The minimum absolute atomic E-state index is 0.125. The van der Waals surface area contributed by atoms with E-state index in [1.807, 2.05) is 30.3 Å². The maximum absolute atomic E-state index is 13.4. The Balaban J connectivity index is 1.86. The van der Waals surface area contributed by atoms with E-state index in [2.05, 4.69) is 4.98 Å². The number of likely N-dealkylation sites (tertiary alicyclic amines) is 1. The Morgan fingerprint density at radius 1 is 0.969 bits per heavy atom. The van der Waals surface area contributed by atoms with E-state index in [0.717, 1.165) is 24.0 Å². The minimum Gasteiger partial charge on any atom is -0.497 e.